The number of hydrogen-bond acceptors (Lipinski definition) is 1. The van der Waals surface area contributed by atoms with Crippen molar-refractivity contribution in [2.75, 3.05) is 7.05 Å². The highest BCUT2D eigenvalue weighted by molar-refractivity contribution is 5.95. The molecule has 0 atom stereocenters. The fourth-order valence-electron chi connectivity index (χ4n) is 1.76. The number of carbonyl (C=O) groups is 1. The van der Waals surface area contributed by atoms with Gasteiger partial charge in [-0.2, -0.15) is 0 Å². The molecule has 0 fully saturated rings. The number of nitrogens with one attached hydrogen (secondary N) is 1. The van der Waals surface area contributed by atoms with Crippen LogP contribution in [0, 0.1) is 6.92 Å². The van der Waals surface area contributed by atoms with Crippen LogP contribution in [-0.4, -0.2) is 13.0 Å². The highest BCUT2D eigenvalue weighted by Gasteiger charge is 2.07. The molecule has 0 bridgehead atoms. The maximum Gasteiger partial charge on any atom is 0.251 e. The summed E-state index contributed by atoms with van der Waals surface area (Å²) in [6, 6.07) is 7.82. The van der Waals surface area contributed by atoms with Crippen LogP contribution in [0.1, 0.15) is 41.6 Å². The Morgan fingerprint density at radius 3 is 2.69 bits per heavy atom. The molecule has 1 radical (unpaired) electrons. The van der Waals surface area contributed by atoms with Gasteiger partial charge < -0.3 is 5.32 Å². The summed E-state index contributed by atoms with van der Waals surface area (Å²) in [5, 5.41) is 2.67. The lowest BCUT2D eigenvalue weighted by Crippen LogP contribution is -2.19. The van der Waals surface area contributed by atoms with E-state index in [1.807, 2.05) is 24.3 Å². The van der Waals surface area contributed by atoms with E-state index in [0.29, 0.717) is 0 Å². The highest BCUT2D eigenvalue weighted by atomic mass is 16.1. The van der Waals surface area contributed by atoms with Crippen LogP contribution in [0.15, 0.2) is 24.3 Å². The lowest BCUT2D eigenvalue weighted by Gasteiger charge is -2.07. The zero-order valence-corrected chi connectivity index (χ0v) is 9.96. The van der Waals surface area contributed by atoms with E-state index < -0.39 is 0 Å². The molecule has 2 nitrogen and oxygen atoms in total. The van der Waals surface area contributed by atoms with Gasteiger partial charge in [-0.25, -0.2) is 0 Å². The van der Waals surface area contributed by atoms with E-state index in [0.717, 1.165) is 30.4 Å². The minimum absolute atomic E-state index is 0.00718. The van der Waals surface area contributed by atoms with Gasteiger partial charge >= 0.3 is 0 Å². The maximum absolute atomic E-state index is 11.6. The molecular weight excluding hydrogens is 198 g/mol. The Labute approximate surface area is 98.1 Å². The van der Waals surface area contributed by atoms with Crippen LogP contribution in [0.2, 0.25) is 0 Å². The second-order valence-electron chi connectivity index (χ2n) is 3.90. The van der Waals surface area contributed by atoms with Gasteiger partial charge in [-0.1, -0.05) is 44.4 Å². The van der Waals surface area contributed by atoms with Gasteiger partial charge in [-0.15, -0.1) is 0 Å². The molecule has 1 N–H and O–H groups in total. The Morgan fingerprint density at radius 1 is 1.25 bits per heavy atom. The fraction of sp³-hybridized carbons (Fsp3) is 0.429. The molecule has 1 rings (SSSR count). The maximum atomic E-state index is 11.6. The third kappa shape index (κ3) is 3.69. The number of rotatable bonds is 6. The van der Waals surface area contributed by atoms with Gasteiger partial charge in [0.1, 0.15) is 0 Å². The molecule has 1 aromatic rings. The predicted molar refractivity (Wildman–Crippen MR) is 67.4 cm³/mol. The zero-order valence-electron chi connectivity index (χ0n) is 9.96. The topological polar surface area (TPSA) is 29.1 Å². The molecule has 1 amide bonds. The molecule has 0 aromatic heterocycles. The van der Waals surface area contributed by atoms with Crippen LogP contribution in [-0.2, 0) is 6.42 Å². The minimum atomic E-state index is 0.00718. The predicted octanol–water partition coefficient (Wildman–Crippen LogP) is 2.98. The van der Waals surface area contributed by atoms with Crippen molar-refractivity contribution in [1.82, 2.24) is 5.32 Å². The summed E-state index contributed by atoms with van der Waals surface area (Å²) in [5.74, 6) is 0.00718. The third-order valence-corrected chi connectivity index (χ3v) is 2.69. The zero-order chi connectivity index (χ0) is 11.8. The second-order valence-corrected chi connectivity index (χ2v) is 3.90. The Balaban J connectivity index is 2.60. The molecule has 0 saturated heterocycles. The SMILES string of the molecule is [CH2]CCCCCc1ccccc1C(=O)NC. The average Bonchev–Trinajstić information content (AvgIpc) is 2.34. The van der Waals surface area contributed by atoms with Crippen LogP contribution in [0.3, 0.4) is 0 Å². The van der Waals surface area contributed by atoms with E-state index in [4.69, 9.17) is 0 Å². The van der Waals surface area contributed by atoms with E-state index >= 15 is 0 Å². The summed E-state index contributed by atoms with van der Waals surface area (Å²) in [5.41, 5.74) is 1.95. The smallest absolute Gasteiger partial charge is 0.251 e. The number of benzene rings is 1. The van der Waals surface area contributed by atoms with Gasteiger partial charge in [0.2, 0.25) is 0 Å². The first kappa shape index (κ1) is 12.8. The van der Waals surface area contributed by atoms with E-state index in [9.17, 15) is 4.79 Å². The summed E-state index contributed by atoms with van der Waals surface area (Å²) < 4.78 is 0. The third-order valence-electron chi connectivity index (χ3n) is 2.69. The molecule has 1 aromatic carbocycles. The molecule has 2 heteroatoms. The largest absolute Gasteiger partial charge is 0.355 e. The Morgan fingerprint density at radius 2 is 2.00 bits per heavy atom. The number of amides is 1. The van der Waals surface area contributed by atoms with Crippen molar-refractivity contribution < 1.29 is 4.79 Å². The van der Waals surface area contributed by atoms with Gasteiger partial charge in [-0.05, 0) is 24.5 Å². The van der Waals surface area contributed by atoms with Crippen molar-refractivity contribution >= 4 is 5.91 Å². The molecular formula is C14H20NO. The Kier molecular flexibility index (Phi) is 5.62. The molecule has 0 saturated carbocycles. The number of hydrogen-bond donors (Lipinski definition) is 1. The average molecular weight is 218 g/mol. The van der Waals surface area contributed by atoms with Gasteiger partial charge in [0, 0.05) is 12.6 Å². The normalized spacial score (nSPS) is 10.1. The number of aryl methyl sites for hydroxylation is 1. The van der Waals surface area contributed by atoms with Crippen LogP contribution >= 0.6 is 0 Å². The van der Waals surface area contributed by atoms with Crippen LogP contribution in [0.4, 0.5) is 0 Å². The van der Waals surface area contributed by atoms with E-state index in [-0.39, 0.29) is 5.91 Å². The lowest BCUT2D eigenvalue weighted by atomic mass is 10.0. The van der Waals surface area contributed by atoms with E-state index in [1.54, 1.807) is 7.05 Å². The molecule has 16 heavy (non-hydrogen) atoms. The van der Waals surface area contributed by atoms with Gasteiger partial charge in [0.05, 0.1) is 0 Å². The summed E-state index contributed by atoms with van der Waals surface area (Å²) in [6.45, 7) is 3.83. The monoisotopic (exact) mass is 218 g/mol. The van der Waals surface area contributed by atoms with Crippen molar-refractivity contribution in [3.05, 3.63) is 42.3 Å². The van der Waals surface area contributed by atoms with Gasteiger partial charge in [-0.3, -0.25) is 4.79 Å². The van der Waals surface area contributed by atoms with Crippen molar-refractivity contribution in [2.24, 2.45) is 0 Å². The number of carbonyl (C=O) groups excluding carboxylic acids is 1. The minimum Gasteiger partial charge on any atom is -0.355 e. The van der Waals surface area contributed by atoms with Crippen LogP contribution < -0.4 is 5.32 Å². The molecule has 0 unspecified atom stereocenters. The highest BCUT2D eigenvalue weighted by Crippen LogP contribution is 2.13. The van der Waals surface area contributed by atoms with Gasteiger partial charge in [0.15, 0.2) is 0 Å². The summed E-state index contributed by atoms with van der Waals surface area (Å²) in [4.78, 5) is 11.6. The Bertz CT molecular complexity index is 333. The van der Waals surface area contributed by atoms with Crippen LogP contribution in [0.5, 0.6) is 0 Å². The molecule has 0 spiro atoms. The first-order chi connectivity index (χ1) is 7.79. The molecule has 0 aliphatic carbocycles. The fourth-order valence-corrected chi connectivity index (χ4v) is 1.76. The van der Waals surface area contributed by atoms with Crippen molar-refractivity contribution in [3.63, 3.8) is 0 Å². The quantitative estimate of drug-likeness (QED) is 0.731. The first-order valence-electron chi connectivity index (χ1n) is 5.89. The standard InChI is InChI=1S/C14H20NO/c1-3-4-5-6-9-12-10-7-8-11-13(12)14(16)15-2/h7-8,10-11H,1,3-6,9H2,2H3,(H,15,16). The summed E-state index contributed by atoms with van der Waals surface area (Å²) in [6.07, 6.45) is 5.46. The molecule has 0 heterocycles. The summed E-state index contributed by atoms with van der Waals surface area (Å²) in [7, 11) is 1.67. The van der Waals surface area contributed by atoms with Crippen molar-refractivity contribution in [1.29, 1.82) is 0 Å². The Hall–Kier alpha value is -1.31. The van der Waals surface area contributed by atoms with Crippen molar-refractivity contribution in [2.45, 2.75) is 32.1 Å². The van der Waals surface area contributed by atoms with E-state index in [2.05, 4.69) is 12.2 Å². The molecule has 87 valence electrons. The van der Waals surface area contributed by atoms with Gasteiger partial charge in [0.25, 0.3) is 5.91 Å². The van der Waals surface area contributed by atoms with E-state index in [1.165, 1.54) is 12.8 Å². The van der Waals surface area contributed by atoms with Crippen molar-refractivity contribution in [3.8, 4) is 0 Å². The second kappa shape index (κ2) is 7.04. The number of unbranched alkanes of at least 4 members (excludes halogenated alkanes) is 3. The lowest BCUT2D eigenvalue weighted by molar-refractivity contribution is 0.0962. The summed E-state index contributed by atoms with van der Waals surface area (Å²) >= 11 is 0. The molecule has 0 aliphatic rings. The molecule has 0 aliphatic heterocycles. The first-order valence-corrected chi connectivity index (χ1v) is 5.89. The van der Waals surface area contributed by atoms with Crippen LogP contribution in [0.25, 0.3) is 0 Å².